The summed E-state index contributed by atoms with van der Waals surface area (Å²) in [6, 6.07) is 60.3. The molecule has 4 heteroatoms. The molecule has 2 heterocycles. The first-order chi connectivity index (χ1) is 24.3. The number of anilines is 3. The number of hydrogen-bond acceptors (Lipinski definition) is 4. The number of para-hydroxylation sites is 1. The van der Waals surface area contributed by atoms with Crippen molar-refractivity contribution in [2.45, 2.75) is 0 Å². The fourth-order valence-electron chi connectivity index (χ4n) is 7.11. The highest BCUT2D eigenvalue weighted by atomic mass is 32.1. The fraction of sp³-hybridized carbons (Fsp3) is 0. The van der Waals surface area contributed by atoms with E-state index in [9.17, 15) is 0 Å². The number of thiophene rings is 1. The summed E-state index contributed by atoms with van der Waals surface area (Å²) >= 11 is 1.85. The fourth-order valence-corrected chi connectivity index (χ4v) is 8.19. The Morgan fingerprint density at radius 3 is 2.04 bits per heavy atom. The normalized spacial score (nSPS) is 11.7. The summed E-state index contributed by atoms with van der Waals surface area (Å²) in [5.74, 6) is 0.608. The molecule has 10 aromatic rings. The van der Waals surface area contributed by atoms with Crippen LogP contribution in [0.4, 0.5) is 17.1 Å². The quantitative estimate of drug-likeness (QED) is 0.175. The molecule has 0 fully saturated rings. The van der Waals surface area contributed by atoms with Crippen LogP contribution >= 0.6 is 11.3 Å². The van der Waals surface area contributed by atoms with Crippen LogP contribution in [0.25, 0.3) is 75.4 Å². The molecule has 0 amide bonds. The van der Waals surface area contributed by atoms with E-state index >= 15 is 0 Å². The van der Waals surface area contributed by atoms with Crippen molar-refractivity contribution in [3.63, 3.8) is 0 Å². The zero-order valence-electron chi connectivity index (χ0n) is 26.4. The standard InChI is InChI=1S/C45H28N2OS/c1-2-11-34(12-3-1)47(35-23-19-29(20-24-35)32-22-26-42-39(28-32)38-15-6-7-16-41(38)49-42)36-13-8-10-33(27-36)45-46-40-25-21-31-18-17-30-9-4-5-14-37(30)43(31)44(40)48-45/h1-28H. The van der Waals surface area contributed by atoms with Gasteiger partial charge in [-0.3, -0.25) is 0 Å². The lowest BCUT2D eigenvalue weighted by Gasteiger charge is -2.26. The number of benzene rings is 8. The number of rotatable bonds is 5. The Labute approximate surface area is 286 Å². The predicted molar refractivity (Wildman–Crippen MR) is 207 cm³/mol. The van der Waals surface area contributed by atoms with Gasteiger partial charge in [0.25, 0.3) is 0 Å². The molecule has 0 saturated heterocycles. The van der Waals surface area contributed by atoms with Crippen molar-refractivity contribution in [3.8, 4) is 22.6 Å². The number of aromatic nitrogens is 1. The average molecular weight is 645 g/mol. The third-order valence-corrected chi connectivity index (χ3v) is 10.6. The van der Waals surface area contributed by atoms with Gasteiger partial charge < -0.3 is 9.32 Å². The summed E-state index contributed by atoms with van der Waals surface area (Å²) in [4.78, 5) is 7.27. The lowest BCUT2D eigenvalue weighted by atomic mass is 10.0. The van der Waals surface area contributed by atoms with E-state index in [0.29, 0.717) is 5.89 Å². The zero-order chi connectivity index (χ0) is 32.3. The number of fused-ring (bicyclic) bond motifs is 8. The van der Waals surface area contributed by atoms with Crippen molar-refractivity contribution in [1.82, 2.24) is 4.98 Å². The Morgan fingerprint density at radius 2 is 1.14 bits per heavy atom. The van der Waals surface area contributed by atoms with E-state index in [1.807, 2.05) is 11.3 Å². The molecule has 2 aromatic heterocycles. The van der Waals surface area contributed by atoms with Crippen LogP contribution in [0, 0.1) is 0 Å². The van der Waals surface area contributed by atoms with Crippen LogP contribution in [0.15, 0.2) is 174 Å². The highest BCUT2D eigenvalue weighted by Crippen LogP contribution is 2.40. The molecule has 49 heavy (non-hydrogen) atoms. The second kappa shape index (κ2) is 11.2. The average Bonchev–Trinajstić information content (AvgIpc) is 3.78. The van der Waals surface area contributed by atoms with Gasteiger partial charge in [0.15, 0.2) is 5.58 Å². The maximum absolute atomic E-state index is 6.61. The van der Waals surface area contributed by atoms with Crippen molar-refractivity contribution in [1.29, 1.82) is 0 Å². The van der Waals surface area contributed by atoms with Gasteiger partial charge in [-0.1, -0.05) is 103 Å². The predicted octanol–water partition coefficient (Wildman–Crippen LogP) is 13.3. The Kier molecular flexibility index (Phi) is 6.36. The van der Waals surface area contributed by atoms with Crippen LogP contribution in [0.2, 0.25) is 0 Å². The van der Waals surface area contributed by atoms with Gasteiger partial charge in [-0.15, -0.1) is 11.3 Å². The number of hydrogen-bond donors (Lipinski definition) is 0. The molecule has 0 aliphatic heterocycles. The van der Waals surface area contributed by atoms with Crippen LogP contribution in [-0.4, -0.2) is 4.98 Å². The monoisotopic (exact) mass is 644 g/mol. The Hall–Kier alpha value is -6.23. The van der Waals surface area contributed by atoms with Crippen molar-refractivity contribution in [2.75, 3.05) is 4.90 Å². The molecule has 3 nitrogen and oxygen atoms in total. The largest absolute Gasteiger partial charge is 0.435 e. The van der Waals surface area contributed by atoms with Gasteiger partial charge >= 0.3 is 0 Å². The molecule has 0 bridgehead atoms. The molecular weight excluding hydrogens is 617 g/mol. The summed E-state index contributed by atoms with van der Waals surface area (Å²) in [7, 11) is 0. The first kappa shape index (κ1) is 27.8. The number of nitrogens with zero attached hydrogens (tertiary/aromatic N) is 2. The minimum Gasteiger partial charge on any atom is -0.435 e. The SMILES string of the molecule is c1ccc(N(c2ccc(-c3ccc4sc5ccccc5c4c3)cc2)c2cccc(-c3nc4ccc5ccc6ccccc6c5c4o3)c2)cc1. The van der Waals surface area contributed by atoms with Crippen molar-refractivity contribution >= 4 is 81.2 Å². The van der Waals surface area contributed by atoms with Crippen LogP contribution < -0.4 is 4.90 Å². The molecule has 0 spiro atoms. The van der Waals surface area contributed by atoms with Gasteiger partial charge in [0.2, 0.25) is 5.89 Å². The maximum Gasteiger partial charge on any atom is 0.227 e. The lowest BCUT2D eigenvalue weighted by Crippen LogP contribution is -2.09. The first-order valence-corrected chi connectivity index (χ1v) is 17.3. The molecule has 0 aliphatic carbocycles. The van der Waals surface area contributed by atoms with Crippen LogP contribution in [0.5, 0.6) is 0 Å². The van der Waals surface area contributed by atoms with Crippen molar-refractivity contribution in [3.05, 3.63) is 170 Å². The minimum absolute atomic E-state index is 0.608. The Balaban J connectivity index is 1.06. The lowest BCUT2D eigenvalue weighted by molar-refractivity contribution is 0.623. The topological polar surface area (TPSA) is 29.3 Å². The van der Waals surface area contributed by atoms with Crippen LogP contribution in [0.3, 0.4) is 0 Å². The molecular formula is C45H28N2OS. The van der Waals surface area contributed by atoms with Gasteiger partial charge in [0.1, 0.15) is 5.52 Å². The molecule has 230 valence electrons. The summed E-state index contributed by atoms with van der Waals surface area (Å²) in [6.07, 6.45) is 0. The highest BCUT2D eigenvalue weighted by Gasteiger charge is 2.17. The van der Waals surface area contributed by atoms with Crippen molar-refractivity contribution in [2.24, 2.45) is 0 Å². The number of oxazole rings is 1. The Bertz CT molecular complexity index is 2830. The van der Waals surface area contributed by atoms with E-state index in [-0.39, 0.29) is 0 Å². The summed E-state index contributed by atoms with van der Waals surface area (Å²) in [6.45, 7) is 0. The second-order valence-corrected chi connectivity index (χ2v) is 13.5. The molecule has 0 aliphatic rings. The third-order valence-electron chi connectivity index (χ3n) is 9.46. The summed E-state index contributed by atoms with van der Waals surface area (Å²) in [5.41, 5.74) is 8.18. The van der Waals surface area contributed by atoms with E-state index in [0.717, 1.165) is 44.5 Å². The van der Waals surface area contributed by atoms with Crippen LogP contribution in [-0.2, 0) is 0 Å². The molecule has 0 unspecified atom stereocenters. The van der Waals surface area contributed by atoms with Gasteiger partial charge in [0, 0.05) is 48.2 Å². The van der Waals surface area contributed by atoms with E-state index in [4.69, 9.17) is 9.40 Å². The van der Waals surface area contributed by atoms with E-state index in [1.165, 1.54) is 42.1 Å². The van der Waals surface area contributed by atoms with E-state index in [1.54, 1.807) is 0 Å². The summed E-state index contributed by atoms with van der Waals surface area (Å²) < 4.78 is 9.25. The highest BCUT2D eigenvalue weighted by molar-refractivity contribution is 7.25. The summed E-state index contributed by atoms with van der Waals surface area (Å²) in [5, 5.41) is 7.23. The Morgan fingerprint density at radius 1 is 0.449 bits per heavy atom. The van der Waals surface area contributed by atoms with E-state index in [2.05, 4.69) is 175 Å². The van der Waals surface area contributed by atoms with Crippen molar-refractivity contribution < 1.29 is 4.42 Å². The minimum atomic E-state index is 0.608. The molecule has 0 saturated carbocycles. The zero-order valence-corrected chi connectivity index (χ0v) is 27.2. The molecule has 8 aromatic carbocycles. The smallest absolute Gasteiger partial charge is 0.227 e. The first-order valence-electron chi connectivity index (χ1n) is 16.5. The van der Waals surface area contributed by atoms with Gasteiger partial charge in [-0.05, 0) is 94.0 Å². The molecule has 0 N–H and O–H groups in total. The molecule has 10 rings (SSSR count). The van der Waals surface area contributed by atoms with Gasteiger partial charge in [-0.25, -0.2) is 4.98 Å². The van der Waals surface area contributed by atoms with Gasteiger partial charge in [0.05, 0.1) is 0 Å². The van der Waals surface area contributed by atoms with Gasteiger partial charge in [-0.2, -0.15) is 0 Å². The van der Waals surface area contributed by atoms with Crippen LogP contribution in [0.1, 0.15) is 0 Å². The molecule has 0 radical (unpaired) electrons. The maximum atomic E-state index is 6.61. The second-order valence-electron chi connectivity index (χ2n) is 12.4. The third kappa shape index (κ3) is 4.68. The van der Waals surface area contributed by atoms with E-state index < -0.39 is 0 Å². The molecule has 0 atom stereocenters.